The van der Waals surface area contributed by atoms with Crippen LogP contribution in [-0.4, -0.2) is 70.1 Å². The Kier molecular flexibility index (Phi) is 5.91. The quantitative estimate of drug-likeness (QED) is 0.475. The Hall–Kier alpha value is -1.02. The molecule has 0 aromatic carbocycles. The van der Waals surface area contributed by atoms with Crippen molar-refractivity contribution >= 4 is 5.96 Å². The van der Waals surface area contributed by atoms with Crippen molar-refractivity contribution in [3.05, 3.63) is 0 Å². The highest BCUT2D eigenvalue weighted by Crippen LogP contribution is 2.38. The van der Waals surface area contributed by atoms with Crippen LogP contribution in [0.25, 0.3) is 0 Å². The van der Waals surface area contributed by atoms with Gasteiger partial charge in [0.05, 0.1) is 6.61 Å². The van der Waals surface area contributed by atoms with Crippen molar-refractivity contribution in [1.29, 1.82) is 0 Å². The number of aliphatic imine (C=N–C) groups is 1. The molecule has 0 aliphatic carbocycles. The lowest BCUT2D eigenvalue weighted by Crippen LogP contribution is -2.42. The molecule has 0 aromatic rings. The van der Waals surface area contributed by atoms with Crippen molar-refractivity contribution in [3.63, 3.8) is 0 Å². The zero-order valence-corrected chi connectivity index (χ0v) is 12.9. The molecule has 0 saturated carbocycles. The van der Waals surface area contributed by atoms with Gasteiger partial charge in [-0.3, -0.25) is 4.99 Å². The second-order valence-electron chi connectivity index (χ2n) is 5.97. The average Bonchev–Trinajstić information content (AvgIpc) is 3.08. The lowest BCUT2D eigenvalue weighted by Gasteiger charge is -2.24. The third kappa shape index (κ3) is 5.01. The number of halogens is 3. The van der Waals surface area contributed by atoms with Gasteiger partial charge >= 0.3 is 6.18 Å². The van der Waals surface area contributed by atoms with Gasteiger partial charge in [-0.2, -0.15) is 13.2 Å². The first-order valence-corrected chi connectivity index (χ1v) is 7.62. The number of alkyl halides is 3. The van der Waals surface area contributed by atoms with E-state index < -0.39 is 12.8 Å². The molecule has 2 aliphatic heterocycles. The molecule has 2 heterocycles. The van der Waals surface area contributed by atoms with Gasteiger partial charge < -0.3 is 19.7 Å². The van der Waals surface area contributed by atoms with Crippen LogP contribution in [0, 0.1) is 5.41 Å². The van der Waals surface area contributed by atoms with Gasteiger partial charge in [0.1, 0.15) is 6.61 Å². The van der Waals surface area contributed by atoms with E-state index in [-0.39, 0.29) is 12.0 Å². The number of hydrogen-bond acceptors (Lipinski definition) is 3. The van der Waals surface area contributed by atoms with Crippen LogP contribution < -0.4 is 5.32 Å². The molecular formula is C14H24F3N3O2. The molecule has 1 atom stereocenters. The van der Waals surface area contributed by atoms with E-state index in [1.165, 1.54) is 0 Å². The van der Waals surface area contributed by atoms with E-state index in [1.807, 2.05) is 0 Å². The monoisotopic (exact) mass is 323 g/mol. The molecule has 2 aliphatic rings. The smallest absolute Gasteiger partial charge is 0.381 e. The van der Waals surface area contributed by atoms with Crippen LogP contribution in [-0.2, 0) is 9.47 Å². The van der Waals surface area contributed by atoms with Gasteiger partial charge in [-0.15, -0.1) is 0 Å². The molecular weight excluding hydrogens is 299 g/mol. The maximum Gasteiger partial charge on any atom is 0.411 e. The predicted molar refractivity (Wildman–Crippen MR) is 76.9 cm³/mol. The summed E-state index contributed by atoms with van der Waals surface area (Å²) in [5.41, 5.74) is 0.257. The minimum Gasteiger partial charge on any atom is -0.381 e. The van der Waals surface area contributed by atoms with E-state index in [2.05, 4.69) is 19.9 Å². The summed E-state index contributed by atoms with van der Waals surface area (Å²) in [5, 5.41) is 3.19. The number of ether oxygens (including phenoxy) is 2. The predicted octanol–water partition coefficient (Wildman–Crippen LogP) is 1.64. The highest BCUT2D eigenvalue weighted by atomic mass is 19.4. The summed E-state index contributed by atoms with van der Waals surface area (Å²) in [6.07, 6.45) is -1.55. The van der Waals surface area contributed by atoms with Crippen molar-refractivity contribution in [2.75, 3.05) is 53.1 Å². The maximum atomic E-state index is 11.9. The van der Waals surface area contributed by atoms with Gasteiger partial charge in [0.25, 0.3) is 0 Å². The average molecular weight is 323 g/mol. The molecule has 1 N–H and O–H groups in total. The molecule has 0 amide bonds. The van der Waals surface area contributed by atoms with E-state index in [1.54, 1.807) is 7.05 Å². The minimum atomic E-state index is -4.25. The number of hydrogen-bond donors (Lipinski definition) is 1. The van der Waals surface area contributed by atoms with Gasteiger partial charge in [-0.1, -0.05) is 0 Å². The van der Waals surface area contributed by atoms with E-state index in [9.17, 15) is 13.2 Å². The van der Waals surface area contributed by atoms with Crippen molar-refractivity contribution in [1.82, 2.24) is 10.2 Å². The highest BCUT2D eigenvalue weighted by molar-refractivity contribution is 5.80. The standard InChI is InChI=1S/C14H24F3N3O2/c1-18-12(19-5-2-7-21-11-14(15,16)17)20-6-3-13(9-20)4-8-22-10-13/h2-11H2,1H3,(H,18,19). The molecule has 2 rings (SSSR count). The summed E-state index contributed by atoms with van der Waals surface area (Å²) in [4.78, 5) is 6.45. The van der Waals surface area contributed by atoms with Crippen LogP contribution in [0.3, 0.4) is 0 Å². The number of likely N-dealkylation sites (tertiary alicyclic amines) is 1. The van der Waals surface area contributed by atoms with E-state index in [0.717, 1.165) is 45.1 Å². The van der Waals surface area contributed by atoms with Crippen molar-refractivity contribution < 1.29 is 22.6 Å². The lowest BCUT2D eigenvalue weighted by atomic mass is 9.87. The SMILES string of the molecule is CN=C(NCCCOCC(F)(F)F)N1CCC2(CCOC2)C1. The van der Waals surface area contributed by atoms with Gasteiger partial charge in [0.15, 0.2) is 5.96 Å². The fourth-order valence-corrected chi connectivity index (χ4v) is 2.98. The second-order valence-corrected chi connectivity index (χ2v) is 5.97. The number of nitrogens with one attached hydrogen (secondary N) is 1. The molecule has 1 spiro atoms. The third-order valence-electron chi connectivity index (χ3n) is 4.15. The van der Waals surface area contributed by atoms with Gasteiger partial charge in [0.2, 0.25) is 0 Å². The molecule has 22 heavy (non-hydrogen) atoms. The molecule has 1 unspecified atom stereocenters. The summed E-state index contributed by atoms with van der Waals surface area (Å²) in [6, 6.07) is 0. The van der Waals surface area contributed by atoms with Crippen LogP contribution in [0.5, 0.6) is 0 Å². The van der Waals surface area contributed by atoms with Crippen molar-refractivity contribution in [2.24, 2.45) is 10.4 Å². The molecule has 8 heteroatoms. The Morgan fingerprint density at radius 1 is 1.41 bits per heavy atom. The van der Waals surface area contributed by atoms with Crippen molar-refractivity contribution in [2.45, 2.75) is 25.4 Å². The van der Waals surface area contributed by atoms with Crippen LogP contribution in [0.15, 0.2) is 4.99 Å². The largest absolute Gasteiger partial charge is 0.411 e. The summed E-state index contributed by atoms with van der Waals surface area (Å²) in [7, 11) is 1.72. The molecule has 0 aromatic heterocycles. The molecule has 2 saturated heterocycles. The summed E-state index contributed by atoms with van der Waals surface area (Å²) >= 11 is 0. The highest BCUT2D eigenvalue weighted by Gasteiger charge is 2.42. The Labute approximate surface area is 128 Å². The van der Waals surface area contributed by atoms with E-state index in [0.29, 0.717) is 13.0 Å². The number of rotatable bonds is 5. The Bertz CT molecular complexity index is 382. The van der Waals surface area contributed by atoms with Crippen molar-refractivity contribution in [3.8, 4) is 0 Å². The van der Waals surface area contributed by atoms with Crippen LogP contribution in [0.4, 0.5) is 13.2 Å². The topological polar surface area (TPSA) is 46.1 Å². The van der Waals surface area contributed by atoms with Gasteiger partial charge in [-0.25, -0.2) is 0 Å². The Morgan fingerprint density at radius 3 is 2.86 bits per heavy atom. The zero-order chi connectivity index (χ0) is 16.1. The molecule has 128 valence electrons. The van der Waals surface area contributed by atoms with Gasteiger partial charge in [-0.05, 0) is 19.3 Å². The first-order chi connectivity index (χ1) is 10.4. The molecule has 0 radical (unpaired) electrons. The van der Waals surface area contributed by atoms with E-state index in [4.69, 9.17) is 4.74 Å². The Morgan fingerprint density at radius 2 is 2.23 bits per heavy atom. The summed E-state index contributed by atoms with van der Waals surface area (Å²) < 4.78 is 45.8. The van der Waals surface area contributed by atoms with Crippen LogP contribution >= 0.6 is 0 Å². The summed E-state index contributed by atoms with van der Waals surface area (Å²) in [6.45, 7) is 2.95. The molecule has 5 nitrogen and oxygen atoms in total. The van der Waals surface area contributed by atoms with Gasteiger partial charge in [0, 0.05) is 45.3 Å². The first kappa shape index (κ1) is 17.3. The molecule has 2 fully saturated rings. The fourth-order valence-electron chi connectivity index (χ4n) is 2.98. The van der Waals surface area contributed by atoms with E-state index >= 15 is 0 Å². The Balaban J connectivity index is 1.64. The summed E-state index contributed by atoms with van der Waals surface area (Å²) in [5.74, 6) is 0.805. The fraction of sp³-hybridized carbons (Fsp3) is 0.929. The zero-order valence-electron chi connectivity index (χ0n) is 12.9. The lowest BCUT2D eigenvalue weighted by molar-refractivity contribution is -0.173. The minimum absolute atomic E-state index is 0.0846. The second kappa shape index (κ2) is 7.50. The van der Waals surface area contributed by atoms with Crippen LogP contribution in [0.1, 0.15) is 19.3 Å². The van der Waals surface area contributed by atoms with Crippen LogP contribution in [0.2, 0.25) is 0 Å². The maximum absolute atomic E-state index is 11.9. The first-order valence-electron chi connectivity index (χ1n) is 7.62. The number of guanidine groups is 1. The third-order valence-corrected chi connectivity index (χ3v) is 4.15. The normalized spacial score (nSPS) is 26.2. The number of nitrogens with zero attached hydrogens (tertiary/aromatic N) is 2. The molecule has 0 bridgehead atoms.